The zero-order valence-corrected chi connectivity index (χ0v) is 25.3. The van der Waals surface area contributed by atoms with Crippen LogP contribution in [0, 0.1) is 17.8 Å². The van der Waals surface area contributed by atoms with Crippen molar-refractivity contribution in [3.63, 3.8) is 0 Å². The van der Waals surface area contributed by atoms with E-state index in [0.717, 1.165) is 46.5 Å². The number of hydrogen-bond donors (Lipinski definition) is 0. The molecule has 0 saturated carbocycles. The molecule has 0 saturated heterocycles. The maximum Gasteiger partial charge on any atom is 0.162 e. The van der Waals surface area contributed by atoms with Crippen molar-refractivity contribution in [2.24, 2.45) is 10.8 Å². The maximum absolute atomic E-state index is 13.9. The molecule has 2 aromatic carbocycles. The molecule has 0 N–H and O–H groups in total. The monoisotopic (exact) mass is 561 g/mol. The Balaban J connectivity index is 1.58. The van der Waals surface area contributed by atoms with Crippen LogP contribution in [0.5, 0.6) is 5.75 Å². The Hall–Kier alpha value is -2.89. The van der Waals surface area contributed by atoms with Gasteiger partial charge >= 0.3 is 0 Å². The molecule has 0 spiro atoms. The lowest BCUT2D eigenvalue weighted by Gasteiger charge is -2.49. The van der Waals surface area contributed by atoms with E-state index < -0.39 is 5.92 Å². The summed E-state index contributed by atoms with van der Waals surface area (Å²) in [6.45, 7) is 12.2. The van der Waals surface area contributed by atoms with Gasteiger partial charge in [0.1, 0.15) is 12.4 Å². The van der Waals surface area contributed by atoms with Crippen LogP contribution in [-0.2, 0) is 20.9 Å². The van der Waals surface area contributed by atoms with Crippen LogP contribution in [-0.4, -0.2) is 36.7 Å². The van der Waals surface area contributed by atoms with Crippen molar-refractivity contribution in [3.05, 3.63) is 86.7 Å². The van der Waals surface area contributed by atoms with E-state index in [9.17, 15) is 9.59 Å². The van der Waals surface area contributed by atoms with E-state index in [1.54, 1.807) is 7.11 Å². The Kier molecular flexibility index (Phi) is 7.75. The van der Waals surface area contributed by atoms with E-state index in [4.69, 9.17) is 21.1 Å². The number of Topliss-reactive ketones (excluding diaryl/α,β-unsaturated/α-hetero) is 2. The minimum absolute atomic E-state index is 0.110. The van der Waals surface area contributed by atoms with Crippen LogP contribution in [0.1, 0.15) is 76.0 Å². The van der Waals surface area contributed by atoms with Crippen molar-refractivity contribution in [1.29, 1.82) is 0 Å². The van der Waals surface area contributed by atoms with Crippen LogP contribution < -0.4 is 4.74 Å². The van der Waals surface area contributed by atoms with Gasteiger partial charge in [0.25, 0.3) is 0 Å². The minimum Gasteiger partial charge on any atom is -0.487 e. The van der Waals surface area contributed by atoms with E-state index in [0.29, 0.717) is 43.4 Å². The zero-order valence-electron chi connectivity index (χ0n) is 24.5. The van der Waals surface area contributed by atoms with Gasteiger partial charge in [-0.25, -0.2) is 0 Å². The number of ether oxygens (including phenoxy) is 2. The zero-order chi connectivity index (χ0) is 28.8. The second-order valence-corrected chi connectivity index (χ2v) is 13.6. The first-order valence-corrected chi connectivity index (χ1v) is 14.5. The SMILES string of the molecule is COCCN1C2=C(C(=O)CC(C)(C)C2)C(c2ccc(OCc3ccc(C)cc3)c(Cl)c2)C2=C1CC(C)(C)CC2=O. The number of ketones is 2. The Morgan fingerprint density at radius 3 is 1.98 bits per heavy atom. The molecular weight excluding hydrogens is 522 g/mol. The van der Waals surface area contributed by atoms with Crippen LogP contribution in [0.25, 0.3) is 0 Å². The molecule has 2 aromatic rings. The van der Waals surface area contributed by atoms with Crippen molar-refractivity contribution < 1.29 is 19.1 Å². The molecule has 0 amide bonds. The average molecular weight is 562 g/mol. The highest BCUT2D eigenvalue weighted by atomic mass is 35.5. The second-order valence-electron chi connectivity index (χ2n) is 13.1. The highest BCUT2D eigenvalue weighted by Gasteiger charge is 2.48. The summed E-state index contributed by atoms with van der Waals surface area (Å²) in [6.07, 6.45) is 2.44. The fourth-order valence-corrected chi connectivity index (χ4v) is 6.74. The molecule has 0 radical (unpaired) electrons. The third-order valence-corrected chi connectivity index (χ3v) is 8.64. The summed E-state index contributed by atoms with van der Waals surface area (Å²) in [5.74, 6) is 0.371. The molecule has 6 heteroatoms. The van der Waals surface area contributed by atoms with E-state index in [1.807, 2.05) is 30.3 Å². The van der Waals surface area contributed by atoms with Crippen LogP contribution in [0.3, 0.4) is 0 Å². The van der Waals surface area contributed by atoms with Gasteiger partial charge in [-0.3, -0.25) is 9.59 Å². The molecule has 1 aliphatic heterocycles. The van der Waals surface area contributed by atoms with E-state index in [-0.39, 0.29) is 22.4 Å². The van der Waals surface area contributed by atoms with Gasteiger partial charge in [0.15, 0.2) is 11.6 Å². The lowest BCUT2D eigenvalue weighted by Crippen LogP contribution is -2.45. The summed E-state index contributed by atoms with van der Waals surface area (Å²) < 4.78 is 11.5. The molecule has 0 unspecified atom stereocenters. The molecule has 5 nitrogen and oxygen atoms in total. The molecule has 0 aromatic heterocycles. The number of hydrogen-bond acceptors (Lipinski definition) is 5. The normalized spacial score (nSPS) is 20.5. The van der Waals surface area contributed by atoms with Crippen LogP contribution in [0.15, 0.2) is 65.0 Å². The summed E-state index contributed by atoms with van der Waals surface area (Å²) in [5.41, 5.74) is 6.34. The van der Waals surface area contributed by atoms with Gasteiger partial charge in [-0.05, 0) is 53.9 Å². The van der Waals surface area contributed by atoms with Gasteiger partial charge in [0.2, 0.25) is 0 Å². The predicted molar refractivity (Wildman–Crippen MR) is 158 cm³/mol. The summed E-state index contributed by atoms with van der Waals surface area (Å²) in [6, 6.07) is 13.9. The molecule has 0 fully saturated rings. The number of allylic oxidation sites excluding steroid dienone is 4. The number of methoxy groups -OCH3 is 1. The van der Waals surface area contributed by atoms with Gasteiger partial charge in [0, 0.05) is 55.0 Å². The van der Waals surface area contributed by atoms with Crippen molar-refractivity contribution in [3.8, 4) is 5.75 Å². The summed E-state index contributed by atoms with van der Waals surface area (Å²) in [4.78, 5) is 30.0. The maximum atomic E-state index is 13.9. The Morgan fingerprint density at radius 2 is 1.45 bits per heavy atom. The van der Waals surface area contributed by atoms with Crippen molar-refractivity contribution in [1.82, 2.24) is 4.90 Å². The lowest BCUT2D eigenvalue weighted by molar-refractivity contribution is -0.119. The largest absolute Gasteiger partial charge is 0.487 e. The first-order chi connectivity index (χ1) is 18.9. The fourth-order valence-electron chi connectivity index (χ4n) is 6.49. The number of benzene rings is 2. The third-order valence-electron chi connectivity index (χ3n) is 8.35. The number of halogens is 1. The van der Waals surface area contributed by atoms with Crippen molar-refractivity contribution in [2.45, 2.75) is 72.8 Å². The second kappa shape index (κ2) is 10.8. The van der Waals surface area contributed by atoms with Crippen LogP contribution >= 0.6 is 11.6 Å². The number of carbonyl (C=O) groups is 2. The van der Waals surface area contributed by atoms with E-state index >= 15 is 0 Å². The molecule has 212 valence electrons. The Bertz CT molecular complexity index is 1350. The third kappa shape index (κ3) is 5.64. The number of rotatable bonds is 7. The predicted octanol–water partition coefficient (Wildman–Crippen LogP) is 7.56. The van der Waals surface area contributed by atoms with Crippen LogP contribution in [0.2, 0.25) is 5.02 Å². The quantitative estimate of drug-likeness (QED) is 0.349. The standard InChI is InChI=1S/C34H40ClNO4/c1-21-7-9-22(10-8-21)20-40-29-12-11-23(15-24(29)35)30-31-25(16-33(2,3)18-27(31)37)36(13-14-39-6)26-17-34(4,5)19-28(38)32(26)30/h7-12,15,30H,13-14,16-20H2,1-6H3. The summed E-state index contributed by atoms with van der Waals surface area (Å²) >= 11 is 6.80. The molecular formula is C34H40ClNO4. The molecule has 2 aliphatic carbocycles. The minimum atomic E-state index is -0.431. The Labute approximate surface area is 243 Å². The molecule has 40 heavy (non-hydrogen) atoms. The number of aryl methyl sites for hydroxylation is 1. The van der Waals surface area contributed by atoms with Crippen molar-refractivity contribution >= 4 is 23.2 Å². The van der Waals surface area contributed by atoms with Crippen molar-refractivity contribution in [2.75, 3.05) is 20.3 Å². The molecule has 0 atom stereocenters. The highest BCUT2D eigenvalue weighted by Crippen LogP contribution is 2.54. The molecule has 5 rings (SSSR count). The molecule has 0 bridgehead atoms. The summed E-state index contributed by atoms with van der Waals surface area (Å²) in [7, 11) is 1.69. The topological polar surface area (TPSA) is 55.8 Å². The first kappa shape index (κ1) is 28.6. The molecule has 3 aliphatic rings. The van der Waals surface area contributed by atoms with E-state index in [2.05, 4.69) is 51.7 Å². The summed E-state index contributed by atoms with van der Waals surface area (Å²) in [5, 5.41) is 0.475. The molecule has 1 heterocycles. The number of carbonyl (C=O) groups excluding carboxylic acids is 2. The van der Waals surface area contributed by atoms with E-state index in [1.165, 1.54) is 5.56 Å². The van der Waals surface area contributed by atoms with Gasteiger partial charge in [0.05, 0.1) is 11.6 Å². The highest BCUT2D eigenvalue weighted by molar-refractivity contribution is 6.32. The van der Waals surface area contributed by atoms with Gasteiger partial charge < -0.3 is 14.4 Å². The lowest BCUT2D eigenvalue weighted by atomic mass is 9.63. The number of nitrogens with zero attached hydrogens (tertiary/aromatic N) is 1. The average Bonchev–Trinajstić information content (AvgIpc) is 2.86. The van der Waals surface area contributed by atoms with Crippen LogP contribution in [0.4, 0.5) is 0 Å². The van der Waals surface area contributed by atoms with Gasteiger partial charge in [-0.1, -0.05) is 75.2 Å². The smallest absolute Gasteiger partial charge is 0.162 e. The van der Waals surface area contributed by atoms with Gasteiger partial charge in [-0.2, -0.15) is 0 Å². The Morgan fingerprint density at radius 1 is 0.875 bits per heavy atom. The van der Waals surface area contributed by atoms with Gasteiger partial charge in [-0.15, -0.1) is 0 Å². The first-order valence-electron chi connectivity index (χ1n) is 14.2. The fraction of sp³-hybridized carbons (Fsp3) is 0.471.